The molecule has 0 fully saturated rings. The van der Waals surface area contributed by atoms with Crippen molar-refractivity contribution in [2.75, 3.05) is 0 Å². The molecule has 0 saturated carbocycles. The van der Waals surface area contributed by atoms with Crippen LogP contribution in [-0.2, 0) is 0 Å². The second-order valence-corrected chi connectivity index (χ2v) is 12.8. The van der Waals surface area contributed by atoms with Crippen molar-refractivity contribution >= 4 is 8.07 Å². The van der Waals surface area contributed by atoms with Gasteiger partial charge in [-0.2, -0.15) is 0 Å². The maximum absolute atomic E-state index is 3.90. The molecule has 0 aliphatic heterocycles. The molecule has 3 aromatic rings. The fraction of sp³-hybridized carbons (Fsp3) is 0.286. The molecule has 1 atom stereocenters. The first-order valence-corrected chi connectivity index (χ1v) is 13.8. The summed E-state index contributed by atoms with van der Waals surface area (Å²) in [5.74, 6) is 3.70. The molecule has 3 aromatic carbocycles. The summed E-state index contributed by atoms with van der Waals surface area (Å²) in [6, 6.07) is 35.8. The Bertz CT molecular complexity index is 890. The van der Waals surface area contributed by atoms with Crippen LogP contribution in [0.2, 0.25) is 18.1 Å². The van der Waals surface area contributed by atoms with Gasteiger partial charge in [0.1, 0.15) is 8.07 Å². The second-order valence-electron chi connectivity index (χ2n) is 7.88. The lowest BCUT2D eigenvalue weighted by Gasteiger charge is -2.25. The SMILES string of the molecule is CC[Si](C#CC(NC(c1ccccc1)c1ccccc1)c1ccccc1)(CC)CC. The fourth-order valence-electron chi connectivity index (χ4n) is 3.95. The van der Waals surface area contributed by atoms with Gasteiger partial charge in [0.15, 0.2) is 0 Å². The lowest BCUT2D eigenvalue weighted by atomic mass is 9.96. The van der Waals surface area contributed by atoms with Gasteiger partial charge in [-0.25, -0.2) is 0 Å². The van der Waals surface area contributed by atoms with Crippen LogP contribution in [0.3, 0.4) is 0 Å². The van der Waals surface area contributed by atoms with Crippen molar-refractivity contribution in [2.45, 2.75) is 51.0 Å². The average Bonchev–Trinajstić information content (AvgIpc) is 2.84. The van der Waals surface area contributed by atoms with E-state index in [0.717, 1.165) is 0 Å². The van der Waals surface area contributed by atoms with Gasteiger partial charge in [0.05, 0.1) is 12.1 Å². The van der Waals surface area contributed by atoms with Crippen LogP contribution in [0.15, 0.2) is 91.0 Å². The summed E-state index contributed by atoms with van der Waals surface area (Å²) >= 11 is 0. The third kappa shape index (κ3) is 5.51. The molecule has 0 bridgehead atoms. The molecular formula is C28H33NSi. The molecule has 1 unspecified atom stereocenters. The lowest BCUT2D eigenvalue weighted by Crippen LogP contribution is -2.31. The number of hydrogen-bond donors (Lipinski definition) is 1. The highest BCUT2D eigenvalue weighted by Gasteiger charge is 2.25. The Balaban J connectivity index is 2.02. The summed E-state index contributed by atoms with van der Waals surface area (Å²) in [7, 11) is -1.52. The van der Waals surface area contributed by atoms with E-state index in [1.54, 1.807) is 0 Å². The van der Waals surface area contributed by atoms with Gasteiger partial charge in [-0.1, -0.05) is 118 Å². The van der Waals surface area contributed by atoms with E-state index in [0.29, 0.717) is 0 Å². The van der Waals surface area contributed by atoms with Crippen LogP contribution >= 0.6 is 0 Å². The Morgan fingerprint density at radius 3 is 1.43 bits per heavy atom. The van der Waals surface area contributed by atoms with E-state index in [1.807, 2.05) is 0 Å². The predicted molar refractivity (Wildman–Crippen MR) is 132 cm³/mol. The Labute approximate surface area is 183 Å². The molecule has 0 radical (unpaired) electrons. The second kappa shape index (κ2) is 11.0. The minimum absolute atomic E-state index is 0.00635. The molecule has 0 saturated heterocycles. The first-order valence-electron chi connectivity index (χ1n) is 11.1. The standard InChI is InChI=1S/C28H33NSi/c1-4-30(5-2,6-3)23-22-27(24-16-10-7-11-17-24)29-28(25-18-12-8-13-19-25)26-20-14-9-15-21-26/h7-21,27-29H,4-6H2,1-3H3. The molecule has 2 heteroatoms. The van der Waals surface area contributed by atoms with Crippen LogP contribution in [0.5, 0.6) is 0 Å². The number of nitrogens with one attached hydrogen (secondary N) is 1. The highest BCUT2D eigenvalue weighted by Crippen LogP contribution is 2.27. The van der Waals surface area contributed by atoms with Gasteiger partial charge in [0, 0.05) is 0 Å². The number of benzene rings is 3. The van der Waals surface area contributed by atoms with Crippen molar-refractivity contribution in [3.05, 3.63) is 108 Å². The zero-order valence-electron chi connectivity index (χ0n) is 18.4. The molecule has 0 spiro atoms. The Hall–Kier alpha value is -2.60. The average molecular weight is 412 g/mol. The summed E-state index contributed by atoms with van der Waals surface area (Å²) in [4.78, 5) is 0. The zero-order chi connectivity index (χ0) is 21.2. The van der Waals surface area contributed by atoms with Gasteiger partial charge < -0.3 is 0 Å². The Morgan fingerprint density at radius 2 is 1.03 bits per heavy atom. The third-order valence-corrected chi connectivity index (χ3v) is 11.0. The van der Waals surface area contributed by atoms with E-state index < -0.39 is 8.07 Å². The first-order chi connectivity index (χ1) is 14.7. The summed E-state index contributed by atoms with van der Waals surface area (Å²) in [5, 5.41) is 3.90. The number of rotatable bonds is 8. The molecule has 30 heavy (non-hydrogen) atoms. The van der Waals surface area contributed by atoms with Crippen LogP contribution in [0, 0.1) is 11.5 Å². The molecule has 1 nitrogen and oxygen atoms in total. The lowest BCUT2D eigenvalue weighted by molar-refractivity contribution is 0.563. The van der Waals surface area contributed by atoms with Crippen LogP contribution < -0.4 is 5.32 Å². The van der Waals surface area contributed by atoms with E-state index in [9.17, 15) is 0 Å². The van der Waals surface area contributed by atoms with E-state index >= 15 is 0 Å². The molecule has 0 amide bonds. The largest absolute Gasteiger partial charge is 0.289 e. The Morgan fingerprint density at radius 1 is 0.633 bits per heavy atom. The summed E-state index contributed by atoms with van der Waals surface area (Å²) in [5.41, 5.74) is 7.57. The fourth-order valence-corrected chi connectivity index (χ4v) is 6.43. The summed E-state index contributed by atoms with van der Waals surface area (Å²) < 4.78 is 0. The van der Waals surface area contributed by atoms with E-state index in [2.05, 4.69) is 129 Å². The van der Waals surface area contributed by atoms with Crippen molar-refractivity contribution < 1.29 is 0 Å². The van der Waals surface area contributed by atoms with Crippen molar-refractivity contribution in [1.82, 2.24) is 5.32 Å². The smallest absolute Gasteiger partial charge is 0.137 e. The quantitative estimate of drug-likeness (QED) is 0.306. The van der Waals surface area contributed by atoms with E-state index in [-0.39, 0.29) is 12.1 Å². The van der Waals surface area contributed by atoms with Gasteiger partial charge in [-0.15, -0.1) is 5.54 Å². The maximum atomic E-state index is 3.90. The normalized spacial score (nSPS) is 12.3. The monoisotopic (exact) mass is 411 g/mol. The van der Waals surface area contributed by atoms with Crippen LogP contribution in [0.25, 0.3) is 0 Å². The van der Waals surface area contributed by atoms with Gasteiger partial charge >= 0.3 is 0 Å². The highest BCUT2D eigenvalue weighted by molar-refractivity contribution is 6.87. The first kappa shape index (κ1) is 22.1. The molecule has 1 N–H and O–H groups in total. The topological polar surface area (TPSA) is 12.0 Å². The molecular weight excluding hydrogens is 378 g/mol. The summed E-state index contributed by atoms with van der Waals surface area (Å²) in [6.45, 7) is 6.95. The van der Waals surface area contributed by atoms with Crippen LogP contribution in [0.4, 0.5) is 0 Å². The van der Waals surface area contributed by atoms with Gasteiger partial charge in [-0.05, 0) is 34.8 Å². The number of hydrogen-bond acceptors (Lipinski definition) is 1. The molecule has 0 aromatic heterocycles. The predicted octanol–water partition coefficient (Wildman–Crippen LogP) is 7.16. The van der Waals surface area contributed by atoms with Crippen molar-refractivity contribution in [3.63, 3.8) is 0 Å². The van der Waals surface area contributed by atoms with Gasteiger partial charge in [0.2, 0.25) is 0 Å². The molecule has 3 rings (SSSR count). The minimum atomic E-state index is -1.52. The maximum Gasteiger partial charge on any atom is 0.137 e. The molecule has 0 aliphatic carbocycles. The van der Waals surface area contributed by atoms with Crippen LogP contribution in [-0.4, -0.2) is 8.07 Å². The van der Waals surface area contributed by atoms with Crippen molar-refractivity contribution in [1.29, 1.82) is 0 Å². The van der Waals surface area contributed by atoms with E-state index in [1.165, 1.54) is 34.8 Å². The highest BCUT2D eigenvalue weighted by atomic mass is 28.3. The molecule has 154 valence electrons. The van der Waals surface area contributed by atoms with Gasteiger partial charge in [-0.3, -0.25) is 5.32 Å². The van der Waals surface area contributed by atoms with Crippen molar-refractivity contribution in [3.8, 4) is 11.5 Å². The van der Waals surface area contributed by atoms with Gasteiger partial charge in [0.25, 0.3) is 0 Å². The van der Waals surface area contributed by atoms with Crippen molar-refractivity contribution in [2.24, 2.45) is 0 Å². The van der Waals surface area contributed by atoms with E-state index in [4.69, 9.17) is 0 Å². The summed E-state index contributed by atoms with van der Waals surface area (Å²) in [6.07, 6.45) is 0. The molecule has 0 heterocycles. The third-order valence-electron chi connectivity index (χ3n) is 6.24. The molecule has 0 aliphatic rings. The Kier molecular flexibility index (Phi) is 8.08. The zero-order valence-corrected chi connectivity index (χ0v) is 19.4. The van der Waals surface area contributed by atoms with Crippen LogP contribution in [0.1, 0.15) is 49.5 Å². The minimum Gasteiger partial charge on any atom is -0.289 e.